The van der Waals surface area contributed by atoms with Crippen LogP contribution < -0.4 is 0 Å². The van der Waals surface area contributed by atoms with Crippen LogP contribution in [0.2, 0.25) is 0 Å². The molecule has 2 aromatic rings. The Kier molecular flexibility index (Phi) is 6.30. The largest absolute Gasteiger partial charge is 0.336 e. The van der Waals surface area contributed by atoms with E-state index in [9.17, 15) is 10.1 Å². The minimum atomic E-state index is -0.308. The molecule has 24 heavy (non-hydrogen) atoms. The predicted molar refractivity (Wildman–Crippen MR) is 93.8 cm³/mol. The van der Waals surface area contributed by atoms with E-state index in [1.807, 2.05) is 47.4 Å². The van der Waals surface area contributed by atoms with Crippen LogP contribution in [0.4, 0.5) is 0 Å². The van der Waals surface area contributed by atoms with Gasteiger partial charge in [0.2, 0.25) is 0 Å². The zero-order valence-corrected chi connectivity index (χ0v) is 14.0. The molecule has 1 aliphatic heterocycles. The number of benzene rings is 1. The Hall–Kier alpha value is -2.42. The lowest BCUT2D eigenvalue weighted by molar-refractivity contribution is 0.0606. The van der Waals surface area contributed by atoms with Crippen molar-refractivity contribution in [3.63, 3.8) is 0 Å². The number of nitrogens with zero attached hydrogens (tertiary/aromatic N) is 4. The number of rotatable bonds is 3. The predicted octanol–water partition coefficient (Wildman–Crippen LogP) is 2.53. The second kappa shape index (κ2) is 8.44. The van der Waals surface area contributed by atoms with Gasteiger partial charge in [0, 0.05) is 49.7 Å². The van der Waals surface area contributed by atoms with Crippen molar-refractivity contribution in [1.82, 2.24) is 14.8 Å². The highest BCUT2D eigenvalue weighted by Crippen LogP contribution is 2.21. The molecule has 124 valence electrons. The molecule has 0 bridgehead atoms. The molecular weight excluding hydrogens is 324 g/mol. The third kappa shape index (κ3) is 3.91. The summed E-state index contributed by atoms with van der Waals surface area (Å²) in [5.74, 6) is 0.0557. The summed E-state index contributed by atoms with van der Waals surface area (Å²) in [5.41, 5.74) is 1.61. The Morgan fingerprint density at radius 2 is 1.79 bits per heavy atom. The van der Waals surface area contributed by atoms with Gasteiger partial charge in [0.25, 0.3) is 5.91 Å². The topological polar surface area (TPSA) is 60.2 Å². The zero-order chi connectivity index (χ0) is 16.1. The molecule has 0 radical (unpaired) electrons. The summed E-state index contributed by atoms with van der Waals surface area (Å²) in [6.45, 7) is 2.63. The van der Waals surface area contributed by atoms with Gasteiger partial charge < -0.3 is 4.90 Å². The number of halogens is 1. The summed E-state index contributed by atoms with van der Waals surface area (Å²) >= 11 is 0. The third-order valence-corrected chi connectivity index (χ3v) is 4.11. The van der Waals surface area contributed by atoms with Crippen LogP contribution in [0.5, 0.6) is 0 Å². The quantitative estimate of drug-likeness (QED) is 0.860. The van der Waals surface area contributed by atoms with Crippen molar-refractivity contribution in [3.05, 3.63) is 66.0 Å². The number of carbonyl (C=O) groups excluding carboxylic acids is 1. The summed E-state index contributed by atoms with van der Waals surface area (Å²) in [6.07, 6.45) is 3.43. The van der Waals surface area contributed by atoms with Crippen molar-refractivity contribution >= 4 is 18.3 Å². The maximum Gasteiger partial charge on any atom is 0.253 e. The Balaban J connectivity index is 0.00000208. The molecule has 5 nitrogen and oxygen atoms in total. The molecule has 0 aliphatic carbocycles. The van der Waals surface area contributed by atoms with E-state index in [0.29, 0.717) is 31.7 Å². The standard InChI is InChI=1S/C18H18N4O.ClH/c19-13-17(16-7-4-8-20-14-16)21-9-11-22(12-10-21)18(23)15-5-2-1-3-6-15;/h1-8,14,17H,9-12H2;1H. The van der Waals surface area contributed by atoms with E-state index in [-0.39, 0.29) is 24.4 Å². The number of aromatic nitrogens is 1. The molecule has 1 amide bonds. The second-order valence-corrected chi connectivity index (χ2v) is 5.51. The van der Waals surface area contributed by atoms with Gasteiger partial charge in [0.1, 0.15) is 6.04 Å². The van der Waals surface area contributed by atoms with E-state index in [0.717, 1.165) is 5.56 Å². The van der Waals surface area contributed by atoms with Crippen molar-refractivity contribution in [1.29, 1.82) is 5.26 Å². The summed E-state index contributed by atoms with van der Waals surface area (Å²) in [7, 11) is 0. The lowest BCUT2D eigenvalue weighted by Gasteiger charge is -2.37. The fourth-order valence-electron chi connectivity index (χ4n) is 2.85. The number of hydrogen-bond acceptors (Lipinski definition) is 4. The van der Waals surface area contributed by atoms with Gasteiger partial charge in [-0.2, -0.15) is 5.26 Å². The third-order valence-electron chi connectivity index (χ3n) is 4.11. The molecular formula is C18H19ClN4O. The molecule has 0 N–H and O–H groups in total. The van der Waals surface area contributed by atoms with Crippen LogP contribution in [0, 0.1) is 11.3 Å². The van der Waals surface area contributed by atoms with Gasteiger partial charge in [0.05, 0.1) is 6.07 Å². The summed E-state index contributed by atoms with van der Waals surface area (Å²) < 4.78 is 0. The van der Waals surface area contributed by atoms with Crippen LogP contribution in [0.3, 0.4) is 0 Å². The minimum Gasteiger partial charge on any atom is -0.336 e. The number of amides is 1. The highest BCUT2D eigenvalue weighted by molar-refractivity contribution is 5.94. The highest BCUT2D eigenvalue weighted by atomic mass is 35.5. The first kappa shape index (κ1) is 17.9. The molecule has 1 saturated heterocycles. The number of piperazine rings is 1. The van der Waals surface area contributed by atoms with Crippen LogP contribution >= 0.6 is 12.4 Å². The molecule has 1 aromatic heterocycles. The Morgan fingerprint density at radius 3 is 2.38 bits per heavy atom. The fraction of sp³-hybridized carbons (Fsp3) is 0.278. The van der Waals surface area contributed by atoms with Crippen molar-refractivity contribution in [2.75, 3.05) is 26.2 Å². The van der Waals surface area contributed by atoms with Crippen molar-refractivity contribution < 1.29 is 4.79 Å². The van der Waals surface area contributed by atoms with E-state index >= 15 is 0 Å². The maximum absolute atomic E-state index is 12.4. The number of nitriles is 1. The van der Waals surface area contributed by atoms with Crippen LogP contribution in [0.15, 0.2) is 54.9 Å². The summed E-state index contributed by atoms with van der Waals surface area (Å²) in [4.78, 5) is 20.5. The van der Waals surface area contributed by atoms with Crippen LogP contribution in [0.25, 0.3) is 0 Å². The lowest BCUT2D eigenvalue weighted by atomic mass is 10.1. The maximum atomic E-state index is 12.4. The van der Waals surface area contributed by atoms with Crippen molar-refractivity contribution in [2.24, 2.45) is 0 Å². The first-order chi connectivity index (χ1) is 11.3. The van der Waals surface area contributed by atoms with Gasteiger partial charge >= 0.3 is 0 Å². The van der Waals surface area contributed by atoms with E-state index in [2.05, 4.69) is 16.0 Å². The number of pyridine rings is 1. The molecule has 1 fully saturated rings. The number of hydrogen-bond donors (Lipinski definition) is 0. The molecule has 1 atom stereocenters. The average Bonchev–Trinajstić information content (AvgIpc) is 2.64. The van der Waals surface area contributed by atoms with Crippen molar-refractivity contribution in [2.45, 2.75) is 6.04 Å². The molecule has 1 aromatic carbocycles. The van der Waals surface area contributed by atoms with E-state index in [4.69, 9.17) is 0 Å². The zero-order valence-electron chi connectivity index (χ0n) is 13.2. The smallest absolute Gasteiger partial charge is 0.253 e. The number of carbonyl (C=O) groups is 1. The van der Waals surface area contributed by atoms with Gasteiger partial charge in [-0.15, -0.1) is 12.4 Å². The molecule has 3 rings (SSSR count). The van der Waals surface area contributed by atoms with Gasteiger partial charge in [-0.05, 0) is 18.2 Å². The monoisotopic (exact) mass is 342 g/mol. The average molecular weight is 343 g/mol. The van der Waals surface area contributed by atoms with E-state index in [1.54, 1.807) is 12.4 Å². The Morgan fingerprint density at radius 1 is 1.08 bits per heavy atom. The fourth-order valence-corrected chi connectivity index (χ4v) is 2.85. The van der Waals surface area contributed by atoms with Crippen LogP contribution in [-0.2, 0) is 0 Å². The van der Waals surface area contributed by atoms with Crippen LogP contribution in [0.1, 0.15) is 22.0 Å². The lowest BCUT2D eigenvalue weighted by Crippen LogP contribution is -2.49. The molecule has 6 heteroatoms. The second-order valence-electron chi connectivity index (χ2n) is 5.51. The van der Waals surface area contributed by atoms with E-state index < -0.39 is 0 Å². The summed E-state index contributed by atoms with van der Waals surface area (Å²) in [5, 5.41) is 9.48. The molecule has 1 aliphatic rings. The first-order valence-corrected chi connectivity index (χ1v) is 7.67. The Labute approximate surface area is 147 Å². The van der Waals surface area contributed by atoms with E-state index in [1.165, 1.54) is 0 Å². The van der Waals surface area contributed by atoms with Gasteiger partial charge in [0.15, 0.2) is 0 Å². The Bertz CT molecular complexity index is 694. The summed E-state index contributed by atoms with van der Waals surface area (Å²) in [6, 6.07) is 15.1. The highest BCUT2D eigenvalue weighted by Gasteiger charge is 2.27. The minimum absolute atomic E-state index is 0. The van der Waals surface area contributed by atoms with Crippen LogP contribution in [-0.4, -0.2) is 46.9 Å². The van der Waals surface area contributed by atoms with Gasteiger partial charge in [-0.25, -0.2) is 0 Å². The SMILES string of the molecule is Cl.N#CC(c1cccnc1)N1CCN(C(=O)c2ccccc2)CC1. The van der Waals surface area contributed by atoms with Gasteiger partial charge in [-0.1, -0.05) is 24.3 Å². The molecule has 2 heterocycles. The van der Waals surface area contributed by atoms with Crippen molar-refractivity contribution in [3.8, 4) is 6.07 Å². The first-order valence-electron chi connectivity index (χ1n) is 7.67. The normalized spacial score (nSPS) is 15.9. The molecule has 0 spiro atoms. The van der Waals surface area contributed by atoms with Gasteiger partial charge in [-0.3, -0.25) is 14.7 Å². The molecule has 1 unspecified atom stereocenters. The molecule has 0 saturated carbocycles.